The molecule has 1 aromatic rings. The van der Waals surface area contributed by atoms with Crippen LogP contribution in [0.25, 0.3) is 0 Å². The summed E-state index contributed by atoms with van der Waals surface area (Å²) in [6, 6.07) is 5.80. The third kappa shape index (κ3) is 2.75. The predicted octanol–water partition coefficient (Wildman–Crippen LogP) is 2.95. The third-order valence-electron chi connectivity index (χ3n) is 1.24. The maximum atomic E-state index is 10.2. The van der Waals surface area contributed by atoms with Gasteiger partial charge in [-0.3, -0.25) is 0 Å². The maximum absolute atomic E-state index is 10.2. The molecule has 0 N–H and O–H groups in total. The molecule has 0 radical (unpaired) electrons. The molecule has 11 heavy (non-hydrogen) atoms. The Labute approximate surface area is 82.1 Å². The van der Waals surface area contributed by atoms with Crippen molar-refractivity contribution in [2.75, 3.05) is 0 Å². The Balaban J connectivity index is 2.98. The van der Waals surface area contributed by atoms with Gasteiger partial charge in [-0.1, -0.05) is 31.9 Å². The Hall–Kier alpha value is -0.150. The molecule has 0 fully saturated rings. The summed E-state index contributed by atoms with van der Waals surface area (Å²) < 4.78 is 1.98. The Morgan fingerprint density at radius 1 is 1.18 bits per heavy atom. The molecule has 1 rings (SSSR count). The van der Waals surface area contributed by atoms with Gasteiger partial charge < -0.3 is 4.79 Å². The van der Waals surface area contributed by atoms with Gasteiger partial charge in [-0.2, -0.15) is 0 Å². The SMILES string of the molecule is O=CCc1cc(Br)cc(Br)c1. The van der Waals surface area contributed by atoms with Crippen LogP contribution in [0.3, 0.4) is 0 Å². The predicted molar refractivity (Wildman–Crippen MR) is 51.6 cm³/mol. The van der Waals surface area contributed by atoms with Crippen molar-refractivity contribution in [3.8, 4) is 0 Å². The number of carbonyl (C=O) groups excluding carboxylic acids is 1. The highest BCUT2D eigenvalue weighted by Crippen LogP contribution is 2.19. The summed E-state index contributed by atoms with van der Waals surface area (Å²) in [6.07, 6.45) is 1.37. The first kappa shape index (κ1) is 8.94. The van der Waals surface area contributed by atoms with Crippen molar-refractivity contribution in [3.63, 3.8) is 0 Å². The third-order valence-corrected chi connectivity index (χ3v) is 2.16. The summed E-state index contributed by atoms with van der Waals surface area (Å²) in [7, 11) is 0. The fourth-order valence-corrected chi connectivity index (χ4v) is 2.21. The van der Waals surface area contributed by atoms with Crippen LogP contribution in [0.15, 0.2) is 27.1 Å². The maximum Gasteiger partial charge on any atom is 0.124 e. The summed E-state index contributed by atoms with van der Waals surface area (Å²) in [6.45, 7) is 0. The summed E-state index contributed by atoms with van der Waals surface area (Å²) in [5.74, 6) is 0. The molecule has 0 saturated carbocycles. The minimum atomic E-state index is 0.470. The molecular formula is C8H6Br2O. The van der Waals surface area contributed by atoms with E-state index in [1.807, 2.05) is 18.2 Å². The number of benzene rings is 1. The quantitative estimate of drug-likeness (QED) is 0.760. The lowest BCUT2D eigenvalue weighted by atomic mass is 10.2. The average Bonchev–Trinajstić information content (AvgIpc) is 1.85. The molecule has 0 aromatic heterocycles. The van der Waals surface area contributed by atoms with Crippen LogP contribution in [0.1, 0.15) is 5.56 Å². The Morgan fingerprint density at radius 2 is 1.73 bits per heavy atom. The second-order valence-corrected chi connectivity index (χ2v) is 3.98. The van der Waals surface area contributed by atoms with Crippen molar-refractivity contribution in [2.45, 2.75) is 6.42 Å². The molecular weight excluding hydrogens is 272 g/mol. The lowest BCUT2D eigenvalue weighted by molar-refractivity contribution is -0.107. The van der Waals surface area contributed by atoms with Crippen molar-refractivity contribution >= 4 is 38.1 Å². The Kier molecular flexibility index (Phi) is 3.27. The highest BCUT2D eigenvalue weighted by atomic mass is 79.9. The number of hydrogen-bond donors (Lipinski definition) is 0. The number of hydrogen-bond acceptors (Lipinski definition) is 1. The van der Waals surface area contributed by atoms with E-state index in [0.717, 1.165) is 20.8 Å². The molecule has 0 aliphatic rings. The molecule has 1 aromatic carbocycles. The van der Waals surface area contributed by atoms with E-state index in [1.54, 1.807) is 0 Å². The van der Waals surface area contributed by atoms with Gasteiger partial charge in [0.25, 0.3) is 0 Å². The highest BCUT2D eigenvalue weighted by Gasteiger charge is 1.95. The zero-order chi connectivity index (χ0) is 8.27. The highest BCUT2D eigenvalue weighted by molar-refractivity contribution is 9.11. The van der Waals surface area contributed by atoms with E-state index in [4.69, 9.17) is 0 Å². The van der Waals surface area contributed by atoms with E-state index in [-0.39, 0.29) is 0 Å². The molecule has 3 heteroatoms. The van der Waals surface area contributed by atoms with Crippen LogP contribution < -0.4 is 0 Å². The normalized spacial score (nSPS) is 9.64. The van der Waals surface area contributed by atoms with E-state index in [9.17, 15) is 4.79 Å². The first-order chi connectivity index (χ1) is 5.22. The largest absolute Gasteiger partial charge is 0.303 e. The fraction of sp³-hybridized carbons (Fsp3) is 0.125. The Bertz CT molecular complexity index is 251. The number of aldehydes is 1. The number of halogens is 2. The van der Waals surface area contributed by atoms with E-state index < -0.39 is 0 Å². The van der Waals surface area contributed by atoms with Crippen molar-refractivity contribution in [2.24, 2.45) is 0 Å². The standard InChI is InChI=1S/C8H6Br2O/c9-7-3-6(1-2-11)4-8(10)5-7/h2-5H,1H2. The van der Waals surface area contributed by atoms with Crippen molar-refractivity contribution < 1.29 is 4.79 Å². The van der Waals surface area contributed by atoms with E-state index in [1.165, 1.54) is 0 Å². The molecule has 1 nitrogen and oxygen atoms in total. The lowest BCUT2D eigenvalue weighted by Crippen LogP contribution is -1.85. The van der Waals surface area contributed by atoms with Crippen LogP contribution in [0, 0.1) is 0 Å². The average molecular weight is 278 g/mol. The zero-order valence-corrected chi connectivity index (χ0v) is 8.85. The second-order valence-electron chi connectivity index (χ2n) is 2.15. The minimum Gasteiger partial charge on any atom is -0.303 e. The minimum absolute atomic E-state index is 0.470. The van der Waals surface area contributed by atoms with Gasteiger partial charge >= 0.3 is 0 Å². The fourth-order valence-electron chi connectivity index (χ4n) is 0.825. The van der Waals surface area contributed by atoms with Gasteiger partial charge in [0.1, 0.15) is 6.29 Å². The second kappa shape index (κ2) is 4.02. The van der Waals surface area contributed by atoms with E-state index in [0.29, 0.717) is 6.42 Å². The van der Waals surface area contributed by atoms with E-state index in [2.05, 4.69) is 31.9 Å². The van der Waals surface area contributed by atoms with Crippen LogP contribution >= 0.6 is 31.9 Å². The topological polar surface area (TPSA) is 17.1 Å². The molecule has 0 saturated heterocycles. The summed E-state index contributed by atoms with van der Waals surface area (Å²) in [5, 5.41) is 0. The molecule has 0 atom stereocenters. The van der Waals surface area contributed by atoms with Gasteiger partial charge in [0.15, 0.2) is 0 Å². The Morgan fingerprint density at radius 3 is 2.18 bits per heavy atom. The smallest absolute Gasteiger partial charge is 0.124 e. The van der Waals surface area contributed by atoms with Crippen molar-refractivity contribution in [3.05, 3.63) is 32.7 Å². The van der Waals surface area contributed by atoms with Crippen molar-refractivity contribution in [1.29, 1.82) is 0 Å². The van der Waals surface area contributed by atoms with Gasteiger partial charge in [0.05, 0.1) is 0 Å². The molecule has 0 amide bonds. The first-order valence-corrected chi connectivity index (χ1v) is 4.69. The molecule has 0 aliphatic carbocycles. The van der Waals surface area contributed by atoms with Crippen LogP contribution in [-0.4, -0.2) is 6.29 Å². The van der Waals surface area contributed by atoms with Crippen LogP contribution in [-0.2, 0) is 11.2 Å². The van der Waals surface area contributed by atoms with Crippen LogP contribution in [0.5, 0.6) is 0 Å². The molecule has 0 unspecified atom stereocenters. The van der Waals surface area contributed by atoms with Gasteiger partial charge in [0.2, 0.25) is 0 Å². The number of carbonyl (C=O) groups is 1. The molecule has 0 bridgehead atoms. The molecule has 58 valence electrons. The molecule has 0 heterocycles. The van der Waals surface area contributed by atoms with Gasteiger partial charge in [-0.15, -0.1) is 0 Å². The molecule has 0 aliphatic heterocycles. The van der Waals surface area contributed by atoms with Crippen LogP contribution in [0.4, 0.5) is 0 Å². The van der Waals surface area contributed by atoms with E-state index >= 15 is 0 Å². The van der Waals surface area contributed by atoms with Gasteiger partial charge in [-0.05, 0) is 23.8 Å². The number of rotatable bonds is 2. The summed E-state index contributed by atoms with van der Waals surface area (Å²) >= 11 is 6.67. The first-order valence-electron chi connectivity index (χ1n) is 3.11. The molecule has 0 spiro atoms. The lowest BCUT2D eigenvalue weighted by Gasteiger charge is -1.97. The van der Waals surface area contributed by atoms with Crippen molar-refractivity contribution in [1.82, 2.24) is 0 Å². The monoisotopic (exact) mass is 276 g/mol. The zero-order valence-electron chi connectivity index (χ0n) is 5.68. The van der Waals surface area contributed by atoms with Gasteiger partial charge in [0, 0.05) is 15.4 Å². The summed E-state index contributed by atoms with van der Waals surface area (Å²) in [4.78, 5) is 10.2. The summed E-state index contributed by atoms with van der Waals surface area (Å²) in [5.41, 5.74) is 1.02. The van der Waals surface area contributed by atoms with Gasteiger partial charge in [-0.25, -0.2) is 0 Å². The van der Waals surface area contributed by atoms with Crippen LogP contribution in [0.2, 0.25) is 0 Å².